The maximum atomic E-state index is 2.28. The third-order valence-corrected chi connectivity index (χ3v) is 3.50. The number of allylic oxidation sites excluding steroid dienone is 4. The van der Waals surface area contributed by atoms with Gasteiger partial charge < -0.3 is 0 Å². The van der Waals surface area contributed by atoms with Crippen molar-refractivity contribution >= 4 is 0 Å². The fourth-order valence-electron chi connectivity index (χ4n) is 2.33. The lowest BCUT2D eigenvalue weighted by atomic mass is 9.92. The molecule has 0 aromatic heterocycles. The van der Waals surface area contributed by atoms with Crippen molar-refractivity contribution in [3.05, 3.63) is 58.7 Å². The molecule has 0 saturated carbocycles. The largest absolute Gasteiger partial charge is 0.0840 e. The predicted molar refractivity (Wildman–Crippen MR) is 86.5 cm³/mol. The molecule has 2 rings (SSSR count). The zero-order valence-corrected chi connectivity index (χ0v) is 13.0. The first-order chi connectivity index (χ1) is 9.19. The maximum Gasteiger partial charge on any atom is -0.0239 e. The van der Waals surface area contributed by atoms with Crippen LogP contribution < -0.4 is 0 Å². The molecule has 0 bridgehead atoms. The minimum absolute atomic E-state index is 1.19. The van der Waals surface area contributed by atoms with Crippen LogP contribution in [0.3, 0.4) is 0 Å². The Morgan fingerprint density at radius 1 is 1.00 bits per heavy atom. The molecule has 0 aliphatic heterocycles. The highest BCUT2D eigenvalue weighted by atomic mass is 14.1. The Morgan fingerprint density at radius 2 is 1.68 bits per heavy atom. The molecule has 0 fully saturated rings. The van der Waals surface area contributed by atoms with Crippen molar-refractivity contribution in [3.63, 3.8) is 0 Å². The highest BCUT2D eigenvalue weighted by molar-refractivity contribution is 5.30. The van der Waals surface area contributed by atoms with Crippen LogP contribution in [0.2, 0.25) is 0 Å². The molecule has 0 amide bonds. The Hall–Kier alpha value is -1.30. The Labute approximate surface area is 119 Å². The fourth-order valence-corrected chi connectivity index (χ4v) is 2.33. The van der Waals surface area contributed by atoms with Crippen LogP contribution in [0.5, 0.6) is 0 Å². The summed E-state index contributed by atoms with van der Waals surface area (Å²) < 4.78 is 0. The SMILES string of the molecule is CC1=C(CCc2ccccc2C)CCC=C1.CCC. The average Bonchev–Trinajstić information content (AvgIpc) is 2.40. The number of aryl methyl sites for hydroxylation is 2. The zero-order chi connectivity index (χ0) is 14.1. The third-order valence-electron chi connectivity index (χ3n) is 3.50. The summed E-state index contributed by atoms with van der Waals surface area (Å²) in [5.74, 6) is 0. The Balaban J connectivity index is 0.000000550. The van der Waals surface area contributed by atoms with Crippen LogP contribution in [0.25, 0.3) is 0 Å². The van der Waals surface area contributed by atoms with E-state index in [0.29, 0.717) is 0 Å². The minimum Gasteiger partial charge on any atom is -0.0840 e. The molecule has 0 spiro atoms. The van der Waals surface area contributed by atoms with E-state index >= 15 is 0 Å². The summed E-state index contributed by atoms with van der Waals surface area (Å²) in [5.41, 5.74) is 6.05. The highest BCUT2D eigenvalue weighted by Crippen LogP contribution is 2.23. The predicted octanol–water partition coefficient (Wildman–Crippen LogP) is 6.01. The van der Waals surface area contributed by atoms with E-state index in [1.54, 1.807) is 5.57 Å². The Bertz CT molecular complexity index is 435. The van der Waals surface area contributed by atoms with Crippen LogP contribution in [0, 0.1) is 6.92 Å². The van der Waals surface area contributed by atoms with Gasteiger partial charge in [0.2, 0.25) is 0 Å². The number of hydrogen-bond donors (Lipinski definition) is 0. The van der Waals surface area contributed by atoms with Crippen molar-refractivity contribution in [2.75, 3.05) is 0 Å². The van der Waals surface area contributed by atoms with Gasteiger partial charge in [0.1, 0.15) is 0 Å². The van der Waals surface area contributed by atoms with Crippen molar-refractivity contribution in [1.29, 1.82) is 0 Å². The van der Waals surface area contributed by atoms with Crippen LogP contribution in [-0.2, 0) is 6.42 Å². The maximum absolute atomic E-state index is 2.28. The molecule has 1 aromatic rings. The quantitative estimate of drug-likeness (QED) is 0.621. The number of benzene rings is 1. The topological polar surface area (TPSA) is 0 Å². The van der Waals surface area contributed by atoms with Crippen LogP contribution >= 0.6 is 0 Å². The van der Waals surface area contributed by atoms with Crippen molar-refractivity contribution in [1.82, 2.24) is 0 Å². The summed E-state index contributed by atoms with van der Waals surface area (Å²) >= 11 is 0. The van der Waals surface area contributed by atoms with Gasteiger partial charge in [-0.15, -0.1) is 0 Å². The second-order valence-corrected chi connectivity index (χ2v) is 5.36. The average molecular weight is 256 g/mol. The third kappa shape index (κ3) is 5.46. The molecule has 0 heterocycles. The van der Waals surface area contributed by atoms with Gasteiger partial charge >= 0.3 is 0 Å². The standard InChI is InChI=1S/C16H20.C3H8/c1-13-7-3-5-9-15(13)11-12-16-10-6-4-8-14(16)2;1-3-2/h3-5,7-9H,6,10-12H2,1-2H3;3H2,1-2H3. The van der Waals surface area contributed by atoms with Crippen LogP contribution in [0.15, 0.2) is 47.6 Å². The molecule has 0 nitrogen and oxygen atoms in total. The minimum atomic E-state index is 1.19. The Morgan fingerprint density at radius 3 is 2.32 bits per heavy atom. The molecule has 0 heteroatoms. The molecular formula is C19H28. The highest BCUT2D eigenvalue weighted by Gasteiger charge is 2.05. The van der Waals surface area contributed by atoms with E-state index in [1.165, 1.54) is 48.8 Å². The number of rotatable bonds is 3. The van der Waals surface area contributed by atoms with E-state index in [0.717, 1.165) is 0 Å². The molecule has 0 radical (unpaired) electrons. The summed E-state index contributed by atoms with van der Waals surface area (Å²) in [5, 5.41) is 0. The van der Waals surface area contributed by atoms with E-state index in [4.69, 9.17) is 0 Å². The summed E-state index contributed by atoms with van der Waals surface area (Å²) in [7, 11) is 0. The fraction of sp³-hybridized carbons (Fsp3) is 0.474. The lowest BCUT2D eigenvalue weighted by Crippen LogP contribution is -1.96. The molecule has 1 aliphatic carbocycles. The first-order valence-corrected chi connectivity index (χ1v) is 7.58. The van der Waals surface area contributed by atoms with Gasteiger partial charge in [-0.2, -0.15) is 0 Å². The van der Waals surface area contributed by atoms with Gasteiger partial charge in [0, 0.05) is 0 Å². The van der Waals surface area contributed by atoms with E-state index in [-0.39, 0.29) is 0 Å². The van der Waals surface area contributed by atoms with E-state index in [9.17, 15) is 0 Å². The van der Waals surface area contributed by atoms with Crippen molar-refractivity contribution in [3.8, 4) is 0 Å². The van der Waals surface area contributed by atoms with Crippen molar-refractivity contribution < 1.29 is 0 Å². The van der Waals surface area contributed by atoms with Crippen molar-refractivity contribution in [2.45, 2.75) is 59.8 Å². The van der Waals surface area contributed by atoms with Crippen molar-refractivity contribution in [2.24, 2.45) is 0 Å². The van der Waals surface area contributed by atoms with Crippen LogP contribution in [0.1, 0.15) is 57.6 Å². The number of hydrogen-bond acceptors (Lipinski definition) is 0. The van der Waals surface area contributed by atoms with Gasteiger partial charge in [-0.3, -0.25) is 0 Å². The second kappa shape index (κ2) is 8.74. The lowest BCUT2D eigenvalue weighted by molar-refractivity contribution is 0.821. The molecule has 0 N–H and O–H groups in total. The second-order valence-electron chi connectivity index (χ2n) is 5.36. The summed E-state index contributed by atoms with van der Waals surface area (Å²) in [6, 6.07) is 8.72. The van der Waals surface area contributed by atoms with Gasteiger partial charge in [-0.05, 0) is 50.7 Å². The smallest absolute Gasteiger partial charge is 0.0239 e. The monoisotopic (exact) mass is 256 g/mol. The molecule has 19 heavy (non-hydrogen) atoms. The van der Waals surface area contributed by atoms with Crippen LogP contribution in [-0.4, -0.2) is 0 Å². The van der Waals surface area contributed by atoms with E-state index < -0.39 is 0 Å². The summed E-state index contributed by atoms with van der Waals surface area (Å²) in [6.45, 7) is 8.69. The van der Waals surface area contributed by atoms with Crippen LogP contribution in [0.4, 0.5) is 0 Å². The molecule has 104 valence electrons. The first-order valence-electron chi connectivity index (χ1n) is 7.58. The molecule has 0 unspecified atom stereocenters. The van der Waals surface area contributed by atoms with Gasteiger partial charge in [-0.1, -0.05) is 67.8 Å². The molecular weight excluding hydrogens is 228 g/mol. The lowest BCUT2D eigenvalue weighted by Gasteiger charge is -2.14. The zero-order valence-electron chi connectivity index (χ0n) is 13.0. The summed E-state index contributed by atoms with van der Waals surface area (Å²) in [4.78, 5) is 0. The molecule has 0 saturated heterocycles. The van der Waals surface area contributed by atoms with E-state index in [2.05, 4.69) is 64.1 Å². The van der Waals surface area contributed by atoms with Gasteiger partial charge in [0.05, 0.1) is 0 Å². The first kappa shape index (κ1) is 15.8. The van der Waals surface area contributed by atoms with E-state index in [1.807, 2.05) is 0 Å². The van der Waals surface area contributed by atoms with Gasteiger partial charge in [-0.25, -0.2) is 0 Å². The summed E-state index contributed by atoms with van der Waals surface area (Å²) in [6.07, 6.45) is 10.7. The normalized spacial score (nSPS) is 14.1. The van der Waals surface area contributed by atoms with Gasteiger partial charge in [0.15, 0.2) is 0 Å². The molecule has 1 aromatic carbocycles. The Kier molecular flexibility index (Phi) is 7.25. The van der Waals surface area contributed by atoms with Gasteiger partial charge in [0.25, 0.3) is 0 Å². The molecule has 1 aliphatic rings. The molecule has 0 atom stereocenters.